The number of ether oxygens (including phenoxy) is 2. The molecule has 7 heteroatoms. The van der Waals surface area contributed by atoms with Gasteiger partial charge in [0.2, 0.25) is 0 Å². The van der Waals surface area contributed by atoms with E-state index in [0.29, 0.717) is 29.4 Å². The third-order valence-electron chi connectivity index (χ3n) is 4.04. The molecule has 0 N–H and O–H groups in total. The standard InChI is InChI=1S/C20H16N2O5/c1-24-18-12-15(26-21-18)8-10-19(23)25-14-7-9-16-17(11-14)27-22-20(16)13-5-3-2-4-6-13/h2-7,9,11-12H,8,10H2,1H3. The van der Waals surface area contributed by atoms with Gasteiger partial charge in [-0.3, -0.25) is 4.79 Å². The van der Waals surface area contributed by atoms with Crippen molar-refractivity contribution in [2.45, 2.75) is 12.8 Å². The van der Waals surface area contributed by atoms with E-state index in [1.807, 2.05) is 36.4 Å². The minimum atomic E-state index is -0.382. The minimum Gasteiger partial charge on any atom is -0.479 e. The van der Waals surface area contributed by atoms with Crippen LogP contribution >= 0.6 is 0 Å². The van der Waals surface area contributed by atoms with Crippen LogP contribution in [0.25, 0.3) is 22.2 Å². The highest BCUT2D eigenvalue weighted by molar-refractivity contribution is 5.92. The van der Waals surface area contributed by atoms with Gasteiger partial charge in [0, 0.05) is 29.5 Å². The van der Waals surface area contributed by atoms with Crippen LogP contribution in [0, 0.1) is 0 Å². The molecular formula is C20H16N2O5. The number of benzene rings is 2. The van der Waals surface area contributed by atoms with E-state index < -0.39 is 0 Å². The highest BCUT2D eigenvalue weighted by Gasteiger charge is 2.13. The Bertz CT molecular complexity index is 1070. The molecule has 2 heterocycles. The molecule has 0 atom stereocenters. The molecule has 0 aliphatic heterocycles. The summed E-state index contributed by atoms with van der Waals surface area (Å²) in [5.74, 6) is 0.955. The predicted molar refractivity (Wildman–Crippen MR) is 96.5 cm³/mol. The Hall–Kier alpha value is -3.61. The molecule has 2 aromatic heterocycles. The van der Waals surface area contributed by atoms with E-state index in [1.54, 1.807) is 18.2 Å². The second-order valence-electron chi connectivity index (χ2n) is 5.86. The molecule has 0 unspecified atom stereocenters. The van der Waals surface area contributed by atoms with E-state index in [0.717, 1.165) is 16.6 Å². The van der Waals surface area contributed by atoms with Crippen molar-refractivity contribution in [3.63, 3.8) is 0 Å². The number of hydrogen-bond acceptors (Lipinski definition) is 7. The number of rotatable bonds is 6. The molecule has 2 aromatic carbocycles. The number of carbonyl (C=O) groups is 1. The normalized spacial score (nSPS) is 10.9. The SMILES string of the molecule is COc1cc(CCC(=O)Oc2ccc3c(-c4ccccc4)noc3c2)on1. The zero-order chi connectivity index (χ0) is 18.6. The summed E-state index contributed by atoms with van der Waals surface area (Å²) in [4.78, 5) is 12.1. The average Bonchev–Trinajstić information content (AvgIpc) is 3.33. The number of aromatic nitrogens is 2. The Morgan fingerprint density at radius 3 is 2.67 bits per heavy atom. The second kappa shape index (κ2) is 7.33. The van der Waals surface area contributed by atoms with Crippen molar-refractivity contribution >= 4 is 16.9 Å². The van der Waals surface area contributed by atoms with Crippen LogP contribution in [0.5, 0.6) is 11.6 Å². The lowest BCUT2D eigenvalue weighted by Crippen LogP contribution is -2.08. The number of methoxy groups -OCH3 is 1. The fourth-order valence-electron chi connectivity index (χ4n) is 2.70. The molecule has 0 bridgehead atoms. The Labute approximate surface area is 154 Å². The predicted octanol–water partition coefficient (Wildman–Crippen LogP) is 4.03. The largest absolute Gasteiger partial charge is 0.479 e. The molecule has 0 fully saturated rings. The van der Waals surface area contributed by atoms with Crippen molar-refractivity contribution in [2.24, 2.45) is 0 Å². The van der Waals surface area contributed by atoms with Crippen LogP contribution in [0.2, 0.25) is 0 Å². The summed E-state index contributed by atoms with van der Waals surface area (Å²) in [5, 5.41) is 8.67. The Morgan fingerprint density at radius 1 is 1.04 bits per heavy atom. The van der Waals surface area contributed by atoms with Gasteiger partial charge in [-0.05, 0) is 17.3 Å². The first-order valence-electron chi connectivity index (χ1n) is 8.38. The first-order chi connectivity index (χ1) is 13.2. The summed E-state index contributed by atoms with van der Waals surface area (Å²) >= 11 is 0. The van der Waals surface area contributed by atoms with Gasteiger partial charge in [0.05, 0.1) is 13.5 Å². The molecule has 4 aromatic rings. The van der Waals surface area contributed by atoms with Crippen LogP contribution in [0.3, 0.4) is 0 Å². The van der Waals surface area contributed by atoms with Crippen LogP contribution in [0.1, 0.15) is 12.2 Å². The molecule has 0 aliphatic rings. The maximum absolute atomic E-state index is 12.1. The molecule has 0 saturated heterocycles. The molecule has 4 rings (SSSR count). The van der Waals surface area contributed by atoms with Crippen molar-refractivity contribution in [2.75, 3.05) is 7.11 Å². The molecule has 27 heavy (non-hydrogen) atoms. The maximum atomic E-state index is 12.1. The van der Waals surface area contributed by atoms with E-state index >= 15 is 0 Å². The van der Waals surface area contributed by atoms with Crippen LogP contribution in [-0.4, -0.2) is 23.4 Å². The summed E-state index contributed by atoms with van der Waals surface area (Å²) in [6, 6.07) is 16.6. The lowest BCUT2D eigenvalue weighted by molar-refractivity contribution is -0.134. The van der Waals surface area contributed by atoms with Crippen LogP contribution in [0.15, 0.2) is 63.6 Å². The van der Waals surface area contributed by atoms with Gasteiger partial charge in [-0.1, -0.05) is 35.5 Å². The number of fused-ring (bicyclic) bond motifs is 1. The fourth-order valence-corrected chi connectivity index (χ4v) is 2.70. The van der Waals surface area contributed by atoms with E-state index in [4.69, 9.17) is 18.5 Å². The molecule has 7 nitrogen and oxygen atoms in total. The smallest absolute Gasteiger partial charge is 0.311 e. The molecule has 0 radical (unpaired) electrons. The van der Waals surface area contributed by atoms with Gasteiger partial charge in [0.25, 0.3) is 5.88 Å². The summed E-state index contributed by atoms with van der Waals surface area (Å²) in [6.45, 7) is 0. The van der Waals surface area contributed by atoms with Gasteiger partial charge >= 0.3 is 5.97 Å². The lowest BCUT2D eigenvalue weighted by atomic mass is 10.1. The van der Waals surface area contributed by atoms with E-state index in [1.165, 1.54) is 7.11 Å². The number of aryl methyl sites for hydroxylation is 1. The average molecular weight is 364 g/mol. The van der Waals surface area contributed by atoms with E-state index in [2.05, 4.69) is 10.3 Å². The van der Waals surface area contributed by atoms with Crippen LogP contribution in [-0.2, 0) is 11.2 Å². The first-order valence-corrected chi connectivity index (χ1v) is 8.38. The van der Waals surface area contributed by atoms with E-state index in [9.17, 15) is 4.79 Å². The van der Waals surface area contributed by atoms with Crippen molar-refractivity contribution in [1.82, 2.24) is 10.3 Å². The van der Waals surface area contributed by atoms with Gasteiger partial charge < -0.3 is 18.5 Å². The Morgan fingerprint density at radius 2 is 1.89 bits per heavy atom. The number of nitrogens with zero attached hydrogens (tertiary/aromatic N) is 2. The molecule has 0 amide bonds. The monoisotopic (exact) mass is 364 g/mol. The molecule has 136 valence electrons. The Balaban J connectivity index is 1.44. The summed E-state index contributed by atoms with van der Waals surface area (Å²) < 4.78 is 20.8. The second-order valence-corrected chi connectivity index (χ2v) is 5.86. The topological polar surface area (TPSA) is 87.6 Å². The van der Waals surface area contributed by atoms with Crippen LogP contribution < -0.4 is 9.47 Å². The number of esters is 1. The molecule has 0 spiro atoms. The quantitative estimate of drug-likeness (QED) is 0.377. The summed E-state index contributed by atoms with van der Waals surface area (Å²) in [7, 11) is 1.50. The van der Waals surface area contributed by atoms with Gasteiger partial charge in [-0.15, -0.1) is 0 Å². The fraction of sp³-hybridized carbons (Fsp3) is 0.150. The van der Waals surface area contributed by atoms with Gasteiger partial charge in [-0.2, -0.15) is 0 Å². The molecule has 0 aliphatic carbocycles. The first kappa shape index (κ1) is 16.8. The van der Waals surface area contributed by atoms with Crippen LogP contribution in [0.4, 0.5) is 0 Å². The van der Waals surface area contributed by atoms with Crippen molar-refractivity contribution < 1.29 is 23.3 Å². The molecular weight excluding hydrogens is 348 g/mol. The third kappa shape index (κ3) is 3.67. The lowest BCUT2D eigenvalue weighted by Gasteiger charge is -2.03. The highest BCUT2D eigenvalue weighted by atomic mass is 16.5. The minimum absolute atomic E-state index is 0.155. The van der Waals surface area contributed by atoms with Crippen molar-refractivity contribution in [3.05, 3.63) is 60.4 Å². The zero-order valence-corrected chi connectivity index (χ0v) is 14.5. The van der Waals surface area contributed by atoms with Gasteiger partial charge in [0.1, 0.15) is 17.2 Å². The number of carbonyl (C=O) groups excluding carboxylic acids is 1. The van der Waals surface area contributed by atoms with E-state index in [-0.39, 0.29) is 12.4 Å². The van der Waals surface area contributed by atoms with Crippen molar-refractivity contribution in [1.29, 1.82) is 0 Å². The number of hydrogen-bond donors (Lipinski definition) is 0. The third-order valence-corrected chi connectivity index (χ3v) is 4.04. The van der Waals surface area contributed by atoms with Gasteiger partial charge in [0.15, 0.2) is 5.58 Å². The van der Waals surface area contributed by atoms with Gasteiger partial charge in [-0.25, -0.2) is 0 Å². The zero-order valence-electron chi connectivity index (χ0n) is 14.5. The van der Waals surface area contributed by atoms with Crippen molar-refractivity contribution in [3.8, 4) is 22.9 Å². The highest BCUT2D eigenvalue weighted by Crippen LogP contribution is 2.30. The summed E-state index contributed by atoms with van der Waals surface area (Å²) in [5.41, 5.74) is 2.27. The maximum Gasteiger partial charge on any atom is 0.311 e. The molecule has 0 saturated carbocycles. The summed E-state index contributed by atoms with van der Waals surface area (Å²) in [6.07, 6.45) is 0.528. The Kier molecular flexibility index (Phi) is 4.57.